The van der Waals surface area contributed by atoms with Crippen molar-refractivity contribution in [2.45, 2.75) is 13.1 Å². The highest BCUT2D eigenvalue weighted by atomic mass is 19.1. The number of nitrogens with zero attached hydrogens (tertiary/aromatic N) is 2. The van der Waals surface area contributed by atoms with E-state index in [4.69, 9.17) is 9.47 Å². The number of imidazole rings is 1. The van der Waals surface area contributed by atoms with E-state index < -0.39 is 11.6 Å². The molecule has 0 saturated heterocycles. The van der Waals surface area contributed by atoms with Crippen LogP contribution in [0.5, 0.6) is 11.5 Å². The van der Waals surface area contributed by atoms with Gasteiger partial charge in [0.05, 0.1) is 25.3 Å². The van der Waals surface area contributed by atoms with Crippen LogP contribution in [-0.2, 0) is 17.9 Å². The summed E-state index contributed by atoms with van der Waals surface area (Å²) in [5.74, 6) is -0.142. The molecule has 4 rings (SSSR count). The molecule has 0 saturated carbocycles. The van der Waals surface area contributed by atoms with Crippen LogP contribution in [0.2, 0.25) is 0 Å². The zero-order valence-corrected chi connectivity index (χ0v) is 18.2. The molecule has 4 aromatic rings. The average Bonchev–Trinajstić information content (AvgIpc) is 3.20. The Bertz CT molecular complexity index is 1330. The van der Waals surface area contributed by atoms with E-state index in [9.17, 15) is 14.0 Å². The molecule has 1 N–H and O–H groups in total. The molecule has 0 spiro atoms. The fourth-order valence-electron chi connectivity index (χ4n) is 3.65. The first-order valence-electron chi connectivity index (χ1n) is 10.2. The van der Waals surface area contributed by atoms with E-state index in [1.54, 1.807) is 42.0 Å². The monoisotopic (exact) mass is 447 g/mol. The van der Waals surface area contributed by atoms with Crippen LogP contribution in [0.15, 0.2) is 66.7 Å². The fourth-order valence-corrected chi connectivity index (χ4v) is 3.65. The van der Waals surface area contributed by atoms with Crippen molar-refractivity contribution in [3.8, 4) is 11.5 Å². The molecule has 0 aliphatic heterocycles. The third-order valence-electron chi connectivity index (χ3n) is 5.21. The van der Waals surface area contributed by atoms with Gasteiger partial charge in [0.1, 0.15) is 12.4 Å². The van der Waals surface area contributed by atoms with Crippen molar-refractivity contribution in [1.82, 2.24) is 14.9 Å². The maximum Gasteiger partial charge on any atom is 0.240 e. The lowest BCUT2D eigenvalue weighted by Crippen LogP contribution is -2.28. The van der Waals surface area contributed by atoms with E-state index in [-0.39, 0.29) is 30.4 Å². The number of aromatic nitrogens is 2. The third-order valence-corrected chi connectivity index (χ3v) is 5.21. The summed E-state index contributed by atoms with van der Waals surface area (Å²) in [6, 6.07) is 17.9. The van der Waals surface area contributed by atoms with Crippen molar-refractivity contribution < 1.29 is 23.5 Å². The van der Waals surface area contributed by atoms with E-state index in [0.29, 0.717) is 22.5 Å². The van der Waals surface area contributed by atoms with Crippen molar-refractivity contribution in [3.05, 3.63) is 89.5 Å². The molecule has 8 heteroatoms. The molecule has 0 bridgehead atoms. The first kappa shape index (κ1) is 22.0. The molecule has 3 aromatic carbocycles. The Morgan fingerprint density at radius 2 is 1.79 bits per heavy atom. The van der Waals surface area contributed by atoms with Crippen LogP contribution in [0, 0.1) is 5.82 Å². The summed E-state index contributed by atoms with van der Waals surface area (Å²) in [5, 5.41) is 2.85. The van der Waals surface area contributed by atoms with Gasteiger partial charge in [-0.15, -0.1) is 0 Å². The van der Waals surface area contributed by atoms with E-state index >= 15 is 0 Å². The molecule has 0 fully saturated rings. The molecule has 33 heavy (non-hydrogen) atoms. The summed E-state index contributed by atoms with van der Waals surface area (Å²) in [5.41, 5.74) is 2.11. The maximum atomic E-state index is 13.7. The first-order chi connectivity index (χ1) is 16.0. The second-order valence-electron chi connectivity index (χ2n) is 7.28. The molecule has 0 aliphatic carbocycles. The predicted molar refractivity (Wildman–Crippen MR) is 121 cm³/mol. The number of carbonyl (C=O) groups is 2. The summed E-state index contributed by atoms with van der Waals surface area (Å²) in [7, 11) is 3.08. The largest absolute Gasteiger partial charge is 0.493 e. The van der Waals surface area contributed by atoms with E-state index in [1.807, 2.05) is 12.1 Å². The van der Waals surface area contributed by atoms with Gasteiger partial charge in [0.2, 0.25) is 11.7 Å². The van der Waals surface area contributed by atoms with Gasteiger partial charge >= 0.3 is 0 Å². The van der Waals surface area contributed by atoms with Gasteiger partial charge in [0, 0.05) is 17.7 Å². The zero-order chi connectivity index (χ0) is 23.4. The number of methoxy groups -OCH3 is 2. The second kappa shape index (κ2) is 9.52. The summed E-state index contributed by atoms with van der Waals surface area (Å²) < 4.78 is 25.9. The second-order valence-corrected chi connectivity index (χ2v) is 7.28. The predicted octanol–water partition coefficient (Wildman–Crippen LogP) is 3.74. The Balaban J connectivity index is 1.60. The molecule has 0 aliphatic rings. The van der Waals surface area contributed by atoms with Gasteiger partial charge in [-0.1, -0.05) is 36.4 Å². The van der Waals surface area contributed by atoms with Gasteiger partial charge in [0.15, 0.2) is 17.3 Å². The number of nitrogens with one attached hydrogen (secondary N) is 1. The van der Waals surface area contributed by atoms with Crippen molar-refractivity contribution >= 4 is 22.7 Å². The standard InChI is InChI=1S/C25H22FN3O4/c1-32-21-12-6-8-17(24(21)33-2)14-27-22(30)15-29-20-11-4-3-10-19(20)28-25(29)23(31)16-7-5-9-18(26)13-16/h3-13H,14-15H2,1-2H3,(H,27,30). The third kappa shape index (κ3) is 4.55. The quantitative estimate of drug-likeness (QED) is 0.416. The minimum Gasteiger partial charge on any atom is -0.493 e. The SMILES string of the molecule is COc1cccc(CNC(=O)Cn2c(C(=O)c3cccc(F)c3)nc3ccccc32)c1OC. The lowest BCUT2D eigenvalue weighted by molar-refractivity contribution is -0.121. The highest BCUT2D eigenvalue weighted by Crippen LogP contribution is 2.30. The summed E-state index contributed by atoms with van der Waals surface area (Å²) >= 11 is 0. The van der Waals surface area contributed by atoms with Crippen LogP contribution in [0.4, 0.5) is 4.39 Å². The van der Waals surface area contributed by atoms with Gasteiger partial charge in [-0.05, 0) is 30.3 Å². The molecule has 7 nitrogen and oxygen atoms in total. The Labute approximate surface area is 189 Å². The van der Waals surface area contributed by atoms with E-state index in [1.165, 1.54) is 25.3 Å². The number of ether oxygens (including phenoxy) is 2. The Hall–Kier alpha value is -4.20. The number of halogens is 1. The summed E-state index contributed by atoms with van der Waals surface area (Å²) in [4.78, 5) is 30.4. The van der Waals surface area contributed by atoms with Crippen molar-refractivity contribution in [2.75, 3.05) is 14.2 Å². The molecular weight excluding hydrogens is 425 g/mol. The van der Waals surface area contributed by atoms with Crippen LogP contribution in [0.1, 0.15) is 21.7 Å². The summed E-state index contributed by atoms with van der Waals surface area (Å²) in [6.07, 6.45) is 0. The van der Waals surface area contributed by atoms with Gasteiger partial charge in [-0.2, -0.15) is 0 Å². The number of fused-ring (bicyclic) bond motifs is 1. The van der Waals surface area contributed by atoms with Gasteiger partial charge < -0.3 is 19.4 Å². The number of hydrogen-bond donors (Lipinski definition) is 1. The molecule has 0 unspecified atom stereocenters. The minimum absolute atomic E-state index is 0.0657. The van der Waals surface area contributed by atoms with Crippen LogP contribution in [0.25, 0.3) is 11.0 Å². The number of para-hydroxylation sites is 3. The van der Waals surface area contributed by atoms with E-state index in [0.717, 1.165) is 11.6 Å². The van der Waals surface area contributed by atoms with Crippen LogP contribution in [-0.4, -0.2) is 35.5 Å². The number of carbonyl (C=O) groups excluding carboxylic acids is 2. The molecule has 168 valence electrons. The van der Waals surface area contributed by atoms with Gasteiger partial charge in [-0.3, -0.25) is 9.59 Å². The zero-order valence-electron chi connectivity index (χ0n) is 18.2. The normalized spacial score (nSPS) is 10.8. The average molecular weight is 447 g/mol. The number of rotatable bonds is 8. The molecular formula is C25H22FN3O4. The van der Waals surface area contributed by atoms with Crippen LogP contribution < -0.4 is 14.8 Å². The van der Waals surface area contributed by atoms with E-state index in [2.05, 4.69) is 10.3 Å². The van der Waals surface area contributed by atoms with Crippen molar-refractivity contribution in [3.63, 3.8) is 0 Å². The molecule has 1 heterocycles. The topological polar surface area (TPSA) is 82.5 Å². The summed E-state index contributed by atoms with van der Waals surface area (Å²) in [6.45, 7) is 0.0716. The van der Waals surface area contributed by atoms with Crippen molar-refractivity contribution in [1.29, 1.82) is 0 Å². The number of hydrogen-bond acceptors (Lipinski definition) is 5. The number of benzene rings is 3. The van der Waals surface area contributed by atoms with Gasteiger partial charge in [0.25, 0.3) is 0 Å². The van der Waals surface area contributed by atoms with Crippen LogP contribution >= 0.6 is 0 Å². The minimum atomic E-state index is -0.520. The fraction of sp³-hybridized carbons (Fsp3) is 0.160. The molecule has 1 amide bonds. The lowest BCUT2D eigenvalue weighted by Gasteiger charge is -2.14. The molecule has 1 aromatic heterocycles. The van der Waals surface area contributed by atoms with Crippen molar-refractivity contribution in [2.24, 2.45) is 0 Å². The highest BCUT2D eigenvalue weighted by molar-refractivity contribution is 6.08. The highest BCUT2D eigenvalue weighted by Gasteiger charge is 2.21. The lowest BCUT2D eigenvalue weighted by atomic mass is 10.1. The smallest absolute Gasteiger partial charge is 0.240 e. The van der Waals surface area contributed by atoms with Gasteiger partial charge in [-0.25, -0.2) is 9.37 Å². The Kier molecular flexibility index (Phi) is 6.35. The Morgan fingerprint density at radius 1 is 1.00 bits per heavy atom. The number of amides is 1. The molecule has 0 radical (unpaired) electrons. The Morgan fingerprint density at radius 3 is 2.55 bits per heavy atom. The first-order valence-corrected chi connectivity index (χ1v) is 10.2. The maximum absolute atomic E-state index is 13.7. The molecule has 0 atom stereocenters. The van der Waals surface area contributed by atoms with Crippen LogP contribution in [0.3, 0.4) is 0 Å². The number of ketones is 1.